The van der Waals surface area contributed by atoms with Crippen LogP contribution in [-0.4, -0.2) is 50.5 Å². The molecule has 0 aromatic heterocycles. The molecular formula is C29H33BrClN3O4S. The predicted octanol–water partition coefficient (Wildman–Crippen LogP) is 5.34. The molecule has 10 heteroatoms. The van der Waals surface area contributed by atoms with E-state index in [0.29, 0.717) is 17.3 Å². The number of benzene rings is 3. The summed E-state index contributed by atoms with van der Waals surface area (Å²) in [5, 5.41) is 3.42. The van der Waals surface area contributed by atoms with E-state index in [1.807, 2.05) is 50.2 Å². The van der Waals surface area contributed by atoms with Gasteiger partial charge in [-0.2, -0.15) is 0 Å². The Hall–Kier alpha value is -2.88. The van der Waals surface area contributed by atoms with Crippen LogP contribution in [0.3, 0.4) is 0 Å². The molecule has 3 aromatic rings. The number of nitrogens with zero attached hydrogens (tertiary/aromatic N) is 2. The first kappa shape index (κ1) is 30.7. The van der Waals surface area contributed by atoms with Crippen LogP contribution in [0.15, 0.2) is 77.3 Å². The van der Waals surface area contributed by atoms with E-state index in [-0.39, 0.29) is 18.9 Å². The van der Waals surface area contributed by atoms with Crippen molar-refractivity contribution in [2.45, 2.75) is 39.3 Å². The average Bonchev–Trinajstić information content (AvgIpc) is 2.89. The molecule has 0 aliphatic rings. The van der Waals surface area contributed by atoms with Gasteiger partial charge in [-0.1, -0.05) is 76.9 Å². The quantitative estimate of drug-likeness (QED) is 0.291. The molecule has 7 nitrogen and oxygen atoms in total. The first-order valence-corrected chi connectivity index (χ1v) is 15.6. The highest BCUT2D eigenvalue weighted by Gasteiger charge is 2.33. The van der Waals surface area contributed by atoms with Crippen LogP contribution >= 0.6 is 27.5 Å². The molecule has 0 heterocycles. The first-order valence-electron chi connectivity index (χ1n) is 12.6. The van der Waals surface area contributed by atoms with Crippen LogP contribution in [0.25, 0.3) is 0 Å². The third-order valence-corrected chi connectivity index (χ3v) is 8.44. The molecule has 1 N–H and O–H groups in total. The van der Waals surface area contributed by atoms with Crippen LogP contribution in [0.4, 0.5) is 5.69 Å². The van der Waals surface area contributed by atoms with Gasteiger partial charge in [-0.3, -0.25) is 13.9 Å². The van der Waals surface area contributed by atoms with Gasteiger partial charge in [0.1, 0.15) is 12.6 Å². The number of halogens is 2. The summed E-state index contributed by atoms with van der Waals surface area (Å²) in [5.74, 6) is -0.810. The van der Waals surface area contributed by atoms with E-state index in [1.165, 1.54) is 4.90 Å². The van der Waals surface area contributed by atoms with Crippen molar-refractivity contribution in [2.75, 3.05) is 23.7 Å². The number of carbonyl (C=O) groups is 2. The number of carbonyl (C=O) groups excluding carboxylic acids is 2. The summed E-state index contributed by atoms with van der Waals surface area (Å²) >= 11 is 9.66. The van der Waals surface area contributed by atoms with Crippen LogP contribution in [-0.2, 0) is 32.6 Å². The summed E-state index contributed by atoms with van der Waals surface area (Å²) in [4.78, 5) is 29.0. The zero-order valence-corrected chi connectivity index (χ0v) is 25.4. The van der Waals surface area contributed by atoms with Crippen molar-refractivity contribution in [1.29, 1.82) is 0 Å². The molecule has 0 saturated carbocycles. The normalized spacial score (nSPS) is 12.0. The monoisotopic (exact) mass is 633 g/mol. The number of rotatable bonds is 12. The molecule has 1 atom stereocenters. The van der Waals surface area contributed by atoms with E-state index >= 15 is 0 Å². The van der Waals surface area contributed by atoms with Crippen molar-refractivity contribution < 1.29 is 18.0 Å². The molecular weight excluding hydrogens is 602 g/mol. The second kappa shape index (κ2) is 14.0. The van der Waals surface area contributed by atoms with Gasteiger partial charge in [-0.05, 0) is 60.4 Å². The Morgan fingerprint density at radius 2 is 1.69 bits per heavy atom. The van der Waals surface area contributed by atoms with E-state index in [4.69, 9.17) is 11.6 Å². The lowest BCUT2D eigenvalue weighted by molar-refractivity contribution is -0.140. The van der Waals surface area contributed by atoms with E-state index in [1.54, 1.807) is 36.4 Å². The van der Waals surface area contributed by atoms with Crippen molar-refractivity contribution in [1.82, 2.24) is 10.2 Å². The summed E-state index contributed by atoms with van der Waals surface area (Å²) < 4.78 is 27.6. The summed E-state index contributed by atoms with van der Waals surface area (Å²) in [6.07, 6.45) is 2.06. The molecule has 3 rings (SSSR count). The third kappa shape index (κ3) is 8.81. The van der Waals surface area contributed by atoms with Crippen LogP contribution in [0.1, 0.15) is 30.0 Å². The Labute approximate surface area is 244 Å². The van der Waals surface area contributed by atoms with Crippen LogP contribution in [0.2, 0.25) is 5.02 Å². The number of aryl methyl sites for hydroxylation is 1. The molecule has 2 amide bonds. The average molecular weight is 635 g/mol. The minimum Gasteiger partial charge on any atom is -0.354 e. The Kier molecular flexibility index (Phi) is 11.0. The second-order valence-electron chi connectivity index (χ2n) is 9.35. The molecule has 0 radical (unpaired) electrons. The number of hydrogen-bond acceptors (Lipinski definition) is 4. The zero-order chi connectivity index (χ0) is 28.6. The molecule has 208 valence electrons. The Morgan fingerprint density at radius 1 is 1.00 bits per heavy atom. The summed E-state index contributed by atoms with van der Waals surface area (Å²) in [5.41, 5.74) is 2.79. The van der Waals surface area contributed by atoms with Gasteiger partial charge in [0.2, 0.25) is 21.8 Å². The van der Waals surface area contributed by atoms with Crippen molar-refractivity contribution in [2.24, 2.45) is 0 Å². The number of hydrogen-bond donors (Lipinski definition) is 1. The van der Waals surface area contributed by atoms with Gasteiger partial charge >= 0.3 is 0 Å². The van der Waals surface area contributed by atoms with Crippen LogP contribution in [0, 0.1) is 6.92 Å². The highest BCUT2D eigenvalue weighted by Crippen LogP contribution is 2.25. The largest absolute Gasteiger partial charge is 0.354 e. The number of sulfonamides is 1. The predicted molar refractivity (Wildman–Crippen MR) is 160 cm³/mol. The van der Waals surface area contributed by atoms with Gasteiger partial charge in [0, 0.05) is 29.0 Å². The third-order valence-electron chi connectivity index (χ3n) is 6.17. The molecule has 0 fully saturated rings. The fourth-order valence-corrected chi connectivity index (χ4v) is 5.45. The van der Waals surface area contributed by atoms with Crippen LogP contribution in [0.5, 0.6) is 0 Å². The van der Waals surface area contributed by atoms with Gasteiger partial charge < -0.3 is 10.2 Å². The lowest BCUT2D eigenvalue weighted by Crippen LogP contribution is -2.53. The smallest absolute Gasteiger partial charge is 0.244 e. The molecule has 0 spiro atoms. The maximum atomic E-state index is 14.0. The Bertz CT molecular complexity index is 1400. The highest BCUT2D eigenvalue weighted by atomic mass is 79.9. The van der Waals surface area contributed by atoms with E-state index in [2.05, 4.69) is 21.2 Å². The van der Waals surface area contributed by atoms with Gasteiger partial charge in [-0.15, -0.1) is 0 Å². The second-order valence-corrected chi connectivity index (χ2v) is 12.5. The number of amides is 2. The van der Waals surface area contributed by atoms with Gasteiger partial charge in [0.05, 0.1) is 11.9 Å². The lowest BCUT2D eigenvalue weighted by atomic mass is 10.0. The van der Waals surface area contributed by atoms with Crippen molar-refractivity contribution in [3.63, 3.8) is 0 Å². The fraction of sp³-hybridized carbons (Fsp3) is 0.310. The van der Waals surface area contributed by atoms with Gasteiger partial charge in [0.15, 0.2) is 0 Å². The molecule has 3 aromatic carbocycles. The standard InChI is InChI=1S/C29H33BrClN3O4S/c1-4-15-32-29(36)27(18-22-9-6-5-7-10-22)33(19-23-11-8-12-24(31)17-23)28(35)20-34(39(3,37)38)25-13-14-26(30)21(2)16-25/h5-14,16-17,27H,4,15,18-20H2,1-3H3,(H,32,36). The van der Waals surface area contributed by atoms with Crippen LogP contribution < -0.4 is 9.62 Å². The van der Waals surface area contributed by atoms with Crippen molar-refractivity contribution in [3.8, 4) is 0 Å². The van der Waals surface area contributed by atoms with Gasteiger partial charge in [0.25, 0.3) is 0 Å². The SMILES string of the molecule is CCCNC(=O)C(Cc1ccccc1)N(Cc1cccc(Cl)c1)C(=O)CN(c1ccc(Br)c(C)c1)S(C)(=O)=O. The first-order chi connectivity index (χ1) is 18.5. The fourth-order valence-electron chi connectivity index (χ4n) is 4.15. The molecule has 0 aliphatic heterocycles. The highest BCUT2D eigenvalue weighted by molar-refractivity contribution is 9.10. The minimum atomic E-state index is -3.83. The van der Waals surface area contributed by atoms with E-state index in [9.17, 15) is 18.0 Å². The molecule has 0 aliphatic carbocycles. The number of nitrogens with one attached hydrogen (secondary N) is 1. The molecule has 1 unspecified atom stereocenters. The summed E-state index contributed by atoms with van der Waals surface area (Å²) in [6.45, 7) is 3.86. The van der Waals surface area contributed by atoms with E-state index in [0.717, 1.165) is 38.1 Å². The Morgan fingerprint density at radius 3 is 2.31 bits per heavy atom. The number of anilines is 1. The minimum absolute atomic E-state index is 0.0768. The van der Waals surface area contributed by atoms with Gasteiger partial charge in [-0.25, -0.2) is 8.42 Å². The molecule has 0 bridgehead atoms. The summed E-state index contributed by atoms with van der Waals surface area (Å²) in [7, 11) is -3.83. The maximum Gasteiger partial charge on any atom is 0.244 e. The zero-order valence-electron chi connectivity index (χ0n) is 22.2. The van der Waals surface area contributed by atoms with E-state index < -0.39 is 28.5 Å². The molecule has 0 saturated heterocycles. The Balaban J connectivity index is 2.05. The van der Waals surface area contributed by atoms with Crippen molar-refractivity contribution >= 4 is 55.1 Å². The summed E-state index contributed by atoms with van der Waals surface area (Å²) in [6, 6.07) is 20.7. The molecule has 39 heavy (non-hydrogen) atoms. The topological polar surface area (TPSA) is 86.8 Å². The maximum absolute atomic E-state index is 14.0. The van der Waals surface area contributed by atoms with Crippen molar-refractivity contribution in [3.05, 3.63) is 99.0 Å². The lowest BCUT2D eigenvalue weighted by Gasteiger charge is -2.33.